The molecule has 0 aliphatic carbocycles. The molecule has 0 spiro atoms. The van der Waals surface area contributed by atoms with Crippen molar-refractivity contribution in [1.29, 1.82) is 0 Å². The largest absolute Gasteiger partial charge is 0.396 e. The van der Waals surface area contributed by atoms with Crippen LogP contribution in [0.3, 0.4) is 0 Å². The SMILES string of the molecule is CC(Nc1ccccc1)C(CO)c1ccccc1. The Labute approximate surface area is 108 Å². The normalized spacial score (nSPS) is 13.9. The van der Waals surface area contributed by atoms with Gasteiger partial charge in [-0.05, 0) is 24.6 Å². The molecule has 0 amide bonds. The predicted octanol–water partition coefficient (Wildman–Crippen LogP) is 3.26. The third kappa shape index (κ3) is 3.11. The molecular formula is C16H19NO. The lowest BCUT2D eigenvalue weighted by Gasteiger charge is -2.24. The van der Waals surface area contributed by atoms with Crippen LogP contribution in [0, 0.1) is 0 Å². The molecule has 0 bridgehead atoms. The van der Waals surface area contributed by atoms with Crippen LogP contribution in [0.1, 0.15) is 18.4 Å². The maximum Gasteiger partial charge on any atom is 0.0519 e. The topological polar surface area (TPSA) is 32.3 Å². The number of nitrogens with one attached hydrogen (secondary N) is 1. The molecule has 0 heterocycles. The highest BCUT2D eigenvalue weighted by atomic mass is 16.3. The average molecular weight is 241 g/mol. The zero-order valence-electron chi connectivity index (χ0n) is 10.6. The molecule has 2 N–H and O–H groups in total. The second kappa shape index (κ2) is 6.22. The minimum atomic E-state index is 0.103. The summed E-state index contributed by atoms with van der Waals surface area (Å²) in [5, 5.41) is 13.0. The van der Waals surface area contributed by atoms with Gasteiger partial charge in [-0.1, -0.05) is 48.5 Å². The van der Waals surface area contributed by atoms with Gasteiger partial charge in [0.25, 0.3) is 0 Å². The lowest BCUT2D eigenvalue weighted by atomic mass is 9.93. The molecule has 18 heavy (non-hydrogen) atoms. The van der Waals surface area contributed by atoms with E-state index >= 15 is 0 Å². The van der Waals surface area contributed by atoms with E-state index in [0.29, 0.717) is 0 Å². The summed E-state index contributed by atoms with van der Waals surface area (Å²) in [5.41, 5.74) is 2.25. The third-order valence-electron chi connectivity index (χ3n) is 3.20. The van der Waals surface area contributed by atoms with Crippen molar-refractivity contribution in [1.82, 2.24) is 0 Å². The number of hydrogen-bond donors (Lipinski definition) is 2. The van der Waals surface area contributed by atoms with Gasteiger partial charge in [-0.2, -0.15) is 0 Å². The first-order valence-electron chi connectivity index (χ1n) is 6.28. The smallest absolute Gasteiger partial charge is 0.0519 e. The number of aliphatic hydroxyl groups excluding tert-OH is 1. The van der Waals surface area contributed by atoms with Crippen molar-refractivity contribution >= 4 is 5.69 Å². The highest BCUT2D eigenvalue weighted by Gasteiger charge is 2.17. The van der Waals surface area contributed by atoms with E-state index in [1.165, 1.54) is 0 Å². The van der Waals surface area contributed by atoms with Crippen LogP contribution >= 0.6 is 0 Å². The van der Waals surface area contributed by atoms with Crippen LogP contribution in [0.25, 0.3) is 0 Å². The zero-order chi connectivity index (χ0) is 12.8. The molecule has 94 valence electrons. The van der Waals surface area contributed by atoms with Crippen molar-refractivity contribution < 1.29 is 5.11 Å². The minimum Gasteiger partial charge on any atom is -0.396 e. The van der Waals surface area contributed by atoms with E-state index in [2.05, 4.69) is 24.4 Å². The first-order valence-corrected chi connectivity index (χ1v) is 6.28. The van der Waals surface area contributed by atoms with E-state index in [9.17, 15) is 5.11 Å². The van der Waals surface area contributed by atoms with E-state index in [4.69, 9.17) is 0 Å². The highest BCUT2D eigenvalue weighted by Crippen LogP contribution is 2.22. The first-order chi connectivity index (χ1) is 8.81. The Morgan fingerprint density at radius 2 is 1.50 bits per heavy atom. The van der Waals surface area contributed by atoms with Crippen molar-refractivity contribution in [2.45, 2.75) is 18.9 Å². The summed E-state index contributed by atoms with van der Waals surface area (Å²) in [7, 11) is 0. The molecule has 0 fully saturated rings. The van der Waals surface area contributed by atoms with Crippen LogP contribution in [-0.2, 0) is 0 Å². The fourth-order valence-electron chi connectivity index (χ4n) is 2.15. The highest BCUT2D eigenvalue weighted by molar-refractivity contribution is 5.44. The molecule has 0 aliphatic heterocycles. The van der Waals surface area contributed by atoms with Gasteiger partial charge >= 0.3 is 0 Å². The maximum atomic E-state index is 9.59. The van der Waals surface area contributed by atoms with Gasteiger partial charge in [-0.25, -0.2) is 0 Å². The standard InChI is InChI=1S/C16H19NO/c1-13(17-15-10-6-3-7-11-15)16(12-18)14-8-4-2-5-9-14/h2-11,13,16-18H,12H2,1H3. The van der Waals surface area contributed by atoms with Gasteiger partial charge in [0.05, 0.1) is 6.61 Å². The van der Waals surface area contributed by atoms with Crippen molar-refractivity contribution in [3.05, 3.63) is 66.2 Å². The van der Waals surface area contributed by atoms with Gasteiger partial charge in [0.2, 0.25) is 0 Å². The fourth-order valence-corrected chi connectivity index (χ4v) is 2.15. The van der Waals surface area contributed by atoms with Gasteiger partial charge in [-0.3, -0.25) is 0 Å². The monoisotopic (exact) mass is 241 g/mol. The molecule has 0 saturated carbocycles. The van der Waals surface area contributed by atoms with Crippen LogP contribution in [0.5, 0.6) is 0 Å². The zero-order valence-corrected chi connectivity index (χ0v) is 10.6. The van der Waals surface area contributed by atoms with E-state index < -0.39 is 0 Å². The van der Waals surface area contributed by atoms with Crippen molar-refractivity contribution in [2.24, 2.45) is 0 Å². The Hall–Kier alpha value is -1.80. The van der Waals surface area contributed by atoms with Crippen LogP contribution < -0.4 is 5.32 Å². The van der Waals surface area contributed by atoms with Crippen molar-refractivity contribution in [3.63, 3.8) is 0 Å². The predicted molar refractivity (Wildman–Crippen MR) is 75.8 cm³/mol. The summed E-state index contributed by atoms with van der Waals surface area (Å²) >= 11 is 0. The lowest BCUT2D eigenvalue weighted by molar-refractivity contribution is 0.256. The lowest BCUT2D eigenvalue weighted by Crippen LogP contribution is -2.26. The molecule has 0 aliphatic rings. The second-order valence-electron chi connectivity index (χ2n) is 4.50. The molecule has 2 nitrogen and oxygen atoms in total. The van der Waals surface area contributed by atoms with Crippen molar-refractivity contribution in [2.75, 3.05) is 11.9 Å². The maximum absolute atomic E-state index is 9.59. The van der Waals surface area contributed by atoms with Crippen LogP contribution in [0.4, 0.5) is 5.69 Å². The van der Waals surface area contributed by atoms with E-state index in [1.807, 2.05) is 48.5 Å². The number of anilines is 1. The second-order valence-corrected chi connectivity index (χ2v) is 4.50. The Kier molecular flexibility index (Phi) is 4.37. The van der Waals surface area contributed by atoms with Gasteiger partial charge in [0, 0.05) is 17.6 Å². The van der Waals surface area contributed by atoms with Crippen LogP contribution in [0.15, 0.2) is 60.7 Å². The molecule has 2 aromatic rings. The number of rotatable bonds is 5. The third-order valence-corrected chi connectivity index (χ3v) is 3.20. The molecule has 2 atom stereocenters. The minimum absolute atomic E-state index is 0.103. The average Bonchev–Trinajstić information content (AvgIpc) is 2.42. The van der Waals surface area contributed by atoms with Crippen LogP contribution in [0.2, 0.25) is 0 Å². The molecule has 0 saturated heterocycles. The van der Waals surface area contributed by atoms with E-state index in [1.54, 1.807) is 0 Å². The summed E-state index contributed by atoms with van der Waals surface area (Å²) in [6, 6.07) is 20.4. The molecule has 2 aromatic carbocycles. The van der Waals surface area contributed by atoms with E-state index in [0.717, 1.165) is 11.3 Å². The van der Waals surface area contributed by atoms with E-state index in [-0.39, 0.29) is 18.6 Å². The summed E-state index contributed by atoms with van der Waals surface area (Å²) in [6.07, 6.45) is 0. The molecule has 0 radical (unpaired) electrons. The summed E-state index contributed by atoms with van der Waals surface area (Å²) in [4.78, 5) is 0. The summed E-state index contributed by atoms with van der Waals surface area (Å²) in [6.45, 7) is 2.24. The fraction of sp³-hybridized carbons (Fsp3) is 0.250. The summed E-state index contributed by atoms with van der Waals surface area (Å²) in [5.74, 6) is 0.103. The molecule has 2 heteroatoms. The Bertz CT molecular complexity index is 455. The van der Waals surface area contributed by atoms with Gasteiger partial charge in [0.1, 0.15) is 0 Å². The molecule has 2 rings (SSSR count). The quantitative estimate of drug-likeness (QED) is 0.842. The first kappa shape index (κ1) is 12.7. The number of aliphatic hydroxyl groups is 1. The number of para-hydroxylation sites is 1. The summed E-state index contributed by atoms with van der Waals surface area (Å²) < 4.78 is 0. The Balaban J connectivity index is 2.09. The molecule has 2 unspecified atom stereocenters. The number of hydrogen-bond acceptors (Lipinski definition) is 2. The Morgan fingerprint density at radius 3 is 2.06 bits per heavy atom. The van der Waals surface area contributed by atoms with Crippen molar-refractivity contribution in [3.8, 4) is 0 Å². The van der Waals surface area contributed by atoms with Gasteiger partial charge in [-0.15, -0.1) is 0 Å². The van der Waals surface area contributed by atoms with Gasteiger partial charge in [0.15, 0.2) is 0 Å². The Morgan fingerprint density at radius 1 is 0.944 bits per heavy atom. The molecule has 0 aromatic heterocycles. The number of benzene rings is 2. The van der Waals surface area contributed by atoms with Gasteiger partial charge < -0.3 is 10.4 Å². The van der Waals surface area contributed by atoms with Crippen LogP contribution in [-0.4, -0.2) is 17.8 Å². The molecular weight excluding hydrogens is 222 g/mol.